The number of rotatable bonds is 7. The molecule has 2 rings (SSSR count). The van der Waals surface area contributed by atoms with E-state index in [1.165, 1.54) is 6.42 Å². The van der Waals surface area contributed by atoms with E-state index in [9.17, 15) is 20.1 Å². The van der Waals surface area contributed by atoms with Gasteiger partial charge in [0.1, 0.15) is 16.2 Å². The molecule has 1 amide bonds. The Morgan fingerprint density at radius 3 is 2.43 bits per heavy atom. The molecule has 1 aromatic heterocycles. The van der Waals surface area contributed by atoms with E-state index >= 15 is 0 Å². The molecule has 1 fully saturated rings. The normalized spacial score (nSPS) is 15.6. The lowest BCUT2D eigenvalue weighted by Crippen LogP contribution is -2.57. The molecule has 7 N–H and O–H groups in total. The molecule has 8 nitrogen and oxygen atoms in total. The number of nitrogens with two attached hydrogens (primary N) is 1. The van der Waals surface area contributed by atoms with Gasteiger partial charge in [-0.1, -0.05) is 11.3 Å². The average molecular weight is 316 g/mol. The predicted octanol–water partition coefficient (Wildman–Crippen LogP) is -0.865. The maximum absolute atomic E-state index is 12.2. The number of hydrogen-bond donors (Lipinski definition) is 6. The molecule has 0 bridgehead atoms. The van der Waals surface area contributed by atoms with Crippen LogP contribution in [0.3, 0.4) is 0 Å². The van der Waals surface area contributed by atoms with Crippen LogP contribution >= 0.6 is 11.3 Å². The lowest BCUT2D eigenvalue weighted by Gasteiger charge is -2.28. The molecule has 1 heterocycles. The number of carbonyl (C=O) groups excluding carboxylic acids is 1. The number of anilines is 2. The topological polar surface area (TPSA) is 141 Å². The highest BCUT2D eigenvalue weighted by atomic mass is 32.1. The van der Waals surface area contributed by atoms with E-state index in [2.05, 4.69) is 15.6 Å². The first-order chi connectivity index (χ1) is 10.0. The van der Waals surface area contributed by atoms with Crippen molar-refractivity contribution >= 4 is 28.2 Å². The highest BCUT2D eigenvalue weighted by molar-refractivity contribution is 7.18. The Labute approximate surface area is 126 Å². The summed E-state index contributed by atoms with van der Waals surface area (Å²) in [4.78, 5) is 16.4. The van der Waals surface area contributed by atoms with Crippen LogP contribution < -0.4 is 16.4 Å². The summed E-state index contributed by atoms with van der Waals surface area (Å²) in [7, 11) is 0. The lowest BCUT2D eigenvalue weighted by atomic mass is 9.93. The zero-order valence-corrected chi connectivity index (χ0v) is 12.3. The summed E-state index contributed by atoms with van der Waals surface area (Å²) in [5.41, 5.74) is 4.25. The summed E-state index contributed by atoms with van der Waals surface area (Å²) in [6, 6.07) is 0.373. The van der Waals surface area contributed by atoms with Gasteiger partial charge in [-0.2, -0.15) is 0 Å². The Bertz CT molecular complexity index is 491. The molecule has 0 spiro atoms. The van der Waals surface area contributed by atoms with Crippen molar-refractivity contribution in [3.63, 3.8) is 0 Å². The van der Waals surface area contributed by atoms with E-state index in [1.54, 1.807) is 0 Å². The maximum Gasteiger partial charge on any atom is 0.265 e. The minimum atomic E-state index is -1.48. The van der Waals surface area contributed by atoms with Crippen molar-refractivity contribution in [3.8, 4) is 0 Å². The van der Waals surface area contributed by atoms with E-state index in [0.717, 1.165) is 24.2 Å². The average Bonchev–Trinajstić information content (AvgIpc) is 2.81. The number of nitrogens with zero attached hydrogens (tertiary/aromatic N) is 1. The largest absolute Gasteiger partial charge is 0.394 e. The smallest absolute Gasteiger partial charge is 0.265 e. The molecule has 0 unspecified atom stereocenters. The third-order valence-corrected chi connectivity index (χ3v) is 4.58. The molecule has 118 valence electrons. The second kappa shape index (κ2) is 6.56. The lowest BCUT2D eigenvalue weighted by molar-refractivity contribution is 0.0377. The van der Waals surface area contributed by atoms with Crippen LogP contribution in [0.5, 0.6) is 0 Å². The Morgan fingerprint density at radius 1 is 1.33 bits per heavy atom. The third kappa shape index (κ3) is 3.43. The Balaban J connectivity index is 2.07. The van der Waals surface area contributed by atoms with Crippen molar-refractivity contribution in [1.29, 1.82) is 0 Å². The molecule has 1 aromatic rings. The number of aromatic nitrogens is 1. The number of hydrogen-bond acceptors (Lipinski definition) is 8. The molecular formula is C12H20N4O4S. The Morgan fingerprint density at radius 2 is 1.95 bits per heavy atom. The second-order valence-corrected chi connectivity index (χ2v) is 6.21. The van der Waals surface area contributed by atoms with Crippen molar-refractivity contribution in [2.45, 2.75) is 30.8 Å². The maximum atomic E-state index is 12.2. The number of amides is 1. The highest BCUT2D eigenvalue weighted by Gasteiger charge is 2.32. The Kier molecular flexibility index (Phi) is 4.99. The van der Waals surface area contributed by atoms with Gasteiger partial charge in [0.15, 0.2) is 5.13 Å². The zero-order valence-electron chi connectivity index (χ0n) is 11.5. The molecule has 1 saturated carbocycles. The van der Waals surface area contributed by atoms with Crippen molar-refractivity contribution in [3.05, 3.63) is 4.88 Å². The van der Waals surface area contributed by atoms with Gasteiger partial charge >= 0.3 is 0 Å². The minimum Gasteiger partial charge on any atom is -0.394 e. The first-order valence-electron chi connectivity index (χ1n) is 6.71. The second-order valence-electron chi connectivity index (χ2n) is 5.21. The molecule has 1 aliphatic rings. The monoisotopic (exact) mass is 316 g/mol. The van der Waals surface area contributed by atoms with Crippen LogP contribution in [-0.4, -0.2) is 57.6 Å². The van der Waals surface area contributed by atoms with E-state index in [-0.39, 0.29) is 10.7 Å². The van der Waals surface area contributed by atoms with Gasteiger partial charge in [-0.3, -0.25) is 4.79 Å². The van der Waals surface area contributed by atoms with Gasteiger partial charge in [0, 0.05) is 6.04 Å². The van der Waals surface area contributed by atoms with Crippen molar-refractivity contribution < 1.29 is 20.1 Å². The molecule has 0 aliphatic heterocycles. The quantitative estimate of drug-likeness (QED) is 0.384. The minimum absolute atomic E-state index is 0.0852. The van der Waals surface area contributed by atoms with Gasteiger partial charge in [-0.25, -0.2) is 4.98 Å². The summed E-state index contributed by atoms with van der Waals surface area (Å²) >= 11 is 1.11. The van der Waals surface area contributed by atoms with Gasteiger partial charge in [0.25, 0.3) is 5.91 Å². The van der Waals surface area contributed by atoms with Gasteiger partial charge in [0.05, 0.1) is 19.8 Å². The van der Waals surface area contributed by atoms with Gasteiger partial charge < -0.3 is 31.7 Å². The first-order valence-corrected chi connectivity index (χ1v) is 7.53. The molecular weight excluding hydrogens is 296 g/mol. The van der Waals surface area contributed by atoms with Crippen LogP contribution in [0.1, 0.15) is 28.9 Å². The SMILES string of the molecule is Nc1nc(NC2CCC2)sc1C(=O)NC(CO)(CO)CO. The van der Waals surface area contributed by atoms with Gasteiger partial charge in [-0.15, -0.1) is 0 Å². The molecule has 0 aromatic carbocycles. The third-order valence-electron chi connectivity index (χ3n) is 3.58. The molecule has 0 saturated heterocycles. The summed E-state index contributed by atoms with van der Waals surface area (Å²) in [5.74, 6) is -0.495. The number of aliphatic hydroxyl groups is 3. The summed E-state index contributed by atoms with van der Waals surface area (Å²) in [6.45, 7) is -1.76. The van der Waals surface area contributed by atoms with Crippen LogP contribution in [0.25, 0.3) is 0 Å². The summed E-state index contributed by atoms with van der Waals surface area (Å²) in [6.07, 6.45) is 3.32. The van der Waals surface area contributed by atoms with Crippen LogP contribution in [0.4, 0.5) is 10.9 Å². The fourth-order valence-electron chi connectivity index (χ4n) is 1.85. The number of aliphatic hydroxyl groups excluding tert-OH is 3. The standard InChI is InChI=1S/C12H20N4O4S/c13-9-8(10(20)16-12(4-17,5-18)6-19)21-11(15-9)14-7-2-1-3-7/h7,17-19H,1-6,13H2,(H,14,15)(H,16,20). The fraction of sp³-hybridized carbons (Fsp3) is 0.667. The number of nitrogens with one attached hydrogen (secondary N) is 2. The van der Waals surface area contributed by atoms with Crippen LogP contribution in [0.15, 0.2) is 0 Å². The number of carbonyl (C=O) groups is 1. The van der Waals surface area contributed by atoms with Crippen molar-refractivity contribution in [2.24, 2.45) is 0 Å². The molecule has 9 heteroatoms. The summed E-state index contributed by atoms with van der Waals surface area (Å²) < 4.78 is 0. The van der Waals surface area contributed by atoms with E-state index in [0.29, 0.717) is 11.2 Å². The fourth-order valence-corrected chi connectivity index (χ4v) is 2.71. The van der Waals surface area contributed by atoms with Crippen LogP contribution in [-0.2, 0) is 0 Å². The predicted molar refractivity (Wildman–Crippen MR) is 79.2 cm³/mol. The van der Waals surface area contributed by atoms with Crippen molar-refractivity contribution in [1.82, 2.24) is 10.3 Å². The van der Waals surface area contributed by atoms with Crippen LogP contribution in [0.2, 0.25) is 0 Å². The zero-order chi connectivity index (χ0) is 15.5. The van der Waals surface area contributed by atoms with E-state index < -0.39 is 31.3 Å². The molecule has 1 aliphatic carbocycles. The highest BCUT2D eigenvalue weighted by Crippen LogP contribution is 2.29. The molecule has 0 atom stereocenters. The molecule has 0 radical (unpaired) electrons. The first kappa shape index (κ1) is 16.0. The van der Waals surface area contributed by atoms with Gasteiger partial charge in [-0.05, 0) is 19.3 Å². The summed E-state index contributed by atoms with van der Waals surface area (Å²) in [5, 5.41) is 33.8. The van der Waals surface area contributed by atoms with Crippen molar-refractivity contribution in [2.75, 3.05) is 30.9 Å². The number of nitrogen functional groups attached to an aromatic ring is 1. The van der Waals surface area contributed by atoms with Gasteiger partial charge in [0.2, 0.25) is 0 Å². The Hall–Kier alpha value is -1.42. The molecule has 21 heavy (non-hydrogen) atoms. The number of thiazole rings is 1. The van der Waals surface area contributed by atoms with Crippen LogP contribution in [0, 0.1) is 0 Å². The van der Waals surface area contributed by atoms with E-state index in [4.69, 9.17) is 5.73 Å². The van der Waals surface area contributed by atoms with E-state index in [1.807, 2.05) is 0 Å².